The summed E-state index contributed by atoms with van der Waals surface area (Å²) >= 11 is 4.94. The van der Waals surface area contributed by atoms with E-state index in [0.717, 1.165) is 5.01 Å². The van der Waals surface area contributed by atoms with Gasteiger partial charge in [-0.15, -0.1) is 0 Å². The zero-order chi connectivity index (χ0) is 19.9. The van der Waals surface area contributed by atoms with Crippen LogP contribution < -0.4 is 5.56 Å². The number of rotatable bonds is 3. The van der Waals surface area contributed by atoms with Crippen molar-refractivity contribution in [1.82, 2.24) is 14.6 Å². The fourth-order valence-electron chi connectivity index (χ4n) is 2.93. The zero-order valence-electron chi connectivity index (χ0n) is 14.4. The Morgan fingerprint density at radius 1 is 1.48 bits per heavy atom. The summed E-state index contributed by atoms with van der Waals surface area (Å²) in [5, 5.41) is 26.7. The van der Waals surface area contributed by atoms with Crippen molar-refractivity contribution in [3.63, 3.8) is 0 Å². The standard InChI is InChI=1S/C16H15N5O5S/c1-8(22)20-12(9-4-3-5-10(6-9)21(25)26)7-11(18-20)13-14(23)17-16(27)19(2)15(13)24/h3-6,12,24H,7H2,1-2H3,(H,17,23,27)/t12-/m0/s1. The van der Waals surface area contributed by atoms with Crippen molar-refractivity contribution in [2.24, 2.45) is 12.1 Å². The Morgan fingerprint density at radius 3 is 2.81 bits per heavy atom. The number of aromatic amines is 1. The molecule has 2 heterocycles. The lowest BCUT2D eigenvalue weighted by Crippen LogP contribution is -2.24. The van der Waals surface area contributed by atoms with Crippen LogP contribution in [0.1, 0.15) is 30.5 Å². The Labute approximate surface area is 157 Å². The highest BCUT2D eigenvalue weighted by Crippen LogP contribution is 2.34. The molecule has 2 aromatic rings. The predicted octanol–water partition coefficient (Wildman–Crippen LogP) is 1.75. The smallest absolute Gasteiger partial charge is 0.269 e. The molecular weight excluding hydrogens is 374 g/mol. The minimum atomic E-state index is -0.635. The number of carbonyl (C=O) groups is 1. The Hall–Kier alpha value is -3.34. The van der Waals surface area contributed by atoms with Gasteiger partial charge in [0.15, 0.2) is 4.77 Å². The molecule has 0 bridgehead atoms. The molecule has 0 radical (unpaired) electrons. The molecule has 0 aliphatic carbocycles. The van der Waals surface area contributed by atoms with Crippen LogP contribution in [0.2, 0.25) is 0 Å². The van der Waals surface area contributed by atoms with Gasteiger partial charge in [0.25, 0.3) is 11.2 Å². The van der Waals surface area contributed by atoms with Gasteiger partial charge in [0.1, 0.15) is 5.56 Å². The molecule has 1 atom stereocenters. The second kappa shape index (κ2) is 6.76. The van der Waals surface area contributed by atoms with Gasteiger partial charge in [-0.2, -0.15) is 5.10 Å². The molecule has 140 valence electrons. The van der Waals surface area contributed by atoms with Crippen molar-refractivity contribution in [1.29, 1.82) is 0 Å². The summed E-state index contributed by atoms with van der Waals surface area (Å²) in [6, 6.07) is 5.22. The maximum atomic E-state index is 12.3. The highest BCUT2D eigenvalue weighted by atomic mass is 32.1. The van der Waals surface area contributed by atoms with Crippen molar-refractivity contribution >= 4 is 29.5 Å². The van der Waals surface area contributed by atoms with Crippen molar-refractivity contribution in [3.05, 3.63) is 60.6 Å². The first kappa shape index (κ1) is 18.5. The summed E-state index contributed by atoms with van der Waals surface area (Å²) in [6.45, 7) is 1.30. The van der Waals surface area contributed by atoms with Gasteiger partial charge in [-0.1, -0.05) is 12.1 Å². The van der Waals surface area contributed by atoms with Crippen LogP contribution in [-0.4, -0.2) is 36.2 Å². The zero-order valence-corrected chi connectivity index (χ0v) is 15.2. The van der Waals surface area contributed by atoms with E-state index in [1.165, 1.54) is 36.7 Å². The largest absolute Gasteiger partial charge is 0.494 e. The average Bonchev–Trinajstić information content (AvgIpc) is 3.05. The number of nitrogens with zero attached hydrogens (tertiary/aromatic N) is 4. The second-order valence-corrected chi connectivity index (χ2v) is 6.39. The molecule has 11 heteroatoms. The number of hydrogen-bond donors (Lipinski definition) is 2. The van der Waals surface area contributed by atoms with Gasteiger partial charge in [0.2, 0.25) is 11.8 Å². The van der Waals surface area contributed by atoms with Crippen molar-refractivity contribution in [2.45, 2.75) is 19.4 Å². The molecule has 0 unspecified atom stereocenters. The van der Waals surface area contributed by atoms with Crippen molar-refractivity contribution < 1.29 is 14.8 Å². The molecule has 1 amide bonds. The van der Waals surface area contributed by atoms with Gasteiger partial charge in [-0.3, -0.25) is 29.3 Å². The highest BCUT2D eigenvalue weighted by molar-refractivity contribution is 7.71. The maximum absolute atomic E-state index is 12.3. The first-order valence-electron chi connectivity index (χ1n) is 7.85. The number of hydrazone groups is 1. The monoisotopic (exact) mass is 389 g/mol. The van der Waals surface area contributed by atoms with Gasteiger partial charge < -0.3 is 5.11 Å². The van der Waals surface area contributed by atoms with Crippen LogP contribution in [-0.2, 0) is 11.8 Å². The van der Waals surface area contributed by atoms with E-state index < -0.39 is 22.4 Å². The maximum Gasteiger partial charge on any atom is 0.269 e. The lowest BCUT2D eigenvalue weighted by molar-refractivity contribution is -0.384. The van der Waals surface area contributed by atoms with Gasteiger partial charge in [-0.25, -0.2) is 5.01 Å². The summed E-state index contributed by atoms with van der Waals surface area (Å²) in [6.07, 6.45) is 0.105. The number of nitro benzene ring substituents is 1. The van der Waals surface area contributed by atoms with Crippen molar-refractivity contribution in [2.75, 3.05) is 0 Å². The SMILES string of the molecule is CC(=O)N1N=C(c2c(O)n(C)c(=S)[nH]c2=O)C[C@H]1c1cccc([N+](=O)[O-])c1. The van der Waals surface area contributed by atoms with Gasteiger partial charge in [0.05, 0.1) is 16.7 Å². The molecule has 1 aliphatic rings. The topological polar surface area (TPSA) is 134 Å². The number of benzene rings is 1. The quantitative estimate of drug-likeness (QED) is 0.467. The van der Waals surface area contributed by atoms with Crippen molar-refractivity contribution in [3.8, 4) is 5.88 Å². The Bertz CT molecular complexity index is 1100. The van der Waals surface area contributed by atoms with Crippen LogP contribution in [0.25, 0.3) is 0 Å². The van der Waals surface area contributed by atoms with E-state index in [0.29, 0.717) is 5.56 Å². The fourth-order valence-corrected chi connectivity index (χ4v) is 3.10. The lowest BCUT2D eigenvalue weighted by atomic mass is 9.99. The molecule has 0 fully saturated rings. The third-order valence-electron chi connectivity index (χ3n) is 4.28. The number of amides is 1. The number of non-ortho nitro benzene ring substituents is 1. The van der Waals surface area contributed by atoms with E-state index in [-0.39, 0.29) is 34.0 Å². The predicted molar refractivity (Wildman–Crippen MR) is 98.0 cm³/mol. The number of H-pyrrole nitrogens is 1. The summed E-state index contributed by atoms with van der Waals surface area (Å²) in [7, 11) is 1.48. The average molecular weight is 389 g/mol. The molecule has 1 aromatic carbocycles. The third-order valence-corrected chi connectivity index (χ3v) is 4.66. The normalized spacial score (nSPS) is 16.3. The second-order valence-electron chi connectivity index (χ2n) is 6.00. The number of hydrogen-bond acceptors (Lipinski definition) is 7. The summed E-state index contributed by atoms with van der Waals surface area (Å²) < 4.78 is 1.26. The molecule has 27 heavy (non-hydrogen) atoms. The van der Waals surface area contributed by atoms with Gasteiger partial charge in [0, 0.05) is 32.5 Å². The van der Waals surface area contributed by atoms with Crippen LogP contribution in [0.4, 0.5) is 5.69 Å². The first-order chi connectivity index (χ1) is 12.7. The molecule has 0 saturated heterocycles. The minimum absolute atomic E-state index is 0.0403. The molecule has 0 spiro atoms. The van der Waals surface area contributed by atoms with Crippen LogP contribution in [0.3, 0.4) is 0 Å². The Kier molecular flexibility index (Phi) is 4.62. The minimum Gasteiger partial charge on any atom is -0.494 e. The van der Waals surface area contributed by atoms with Crippen LogP contribution in [0.15, 0.2) is 34.2 Å². The number of carbonyl (C=O) groups excluding carboxylic acids is 1. The van der Waals surface area contributed by atoms with Crippen LogP contribution in [0.5, 0.6) is 5.88 Å². The third kappa shape index (κ3) is 3.24. The van der Waals surface area contributed by atoms with E-state index in [1.54, 1.807) is 6.07 Å². The highest BCUT2D eigenvalue weighted by Gasteiger charge is 2.34. The van der Waals surface area contributed by atoms with Gasteiger partial charge >= 0.3 is 0 Å². The van der Waals surface area contributed by atoms with Gasteiger partial charge in [-0.05, 0) is 17.8 Å². The van der Waals surface area contributed by atoms with Crippen LogP contribution >= 0.6 is 12.2 Å². The van der Waals surface area contributed by atoms with E-state index in [2.05, 4.69) is 10.1 Å². The number of nitro groups is 1. The van der Waals surface area contributed by atoms with E-state index in [1.807, 2.05) is 0 Å². The van der Waals surface area contributed by atoms with E-state index >= 15 is 0 Å². The Balaban J connectivity index is 2.09. The first-order valence-corrected chi connectivity index (χ1v) is 8.25. The number of nitrogens with one attached hydrogen (secondary N) is 1. The summed E-state index contributed by atoms with van der Waals surface area (Å²) in [5.74, 6) is -0.771. The molecule has 3 rings (SSSR count). The lowest BCUT2D eigenvalue weighted by Gasteiger charge is -2.20. The molecule has 1 aromatic heterocycles. The van der Waals surface area contributed by atoms with Crippen LogP contribution in [0, 0.1) is 14.9 Å². The molecule has 2 N–H and O–H groups in total. The molecular formula is C16H15N5O5S. The fraction of sp³-hybridized carbons (Fsp3) is 0.250. The van der Waals surface area contributed by atoms with E-state index in [9.17, 15) is 24.8 Å². The Morgan fingerprint density at radius 2 is 2.19 bits per heavy atom. The number of aromatic nitrogens is 2. The molecule has 1 aliphatic heterocycles. The molecule has 10 nitrogen and oxygen atoms in total. The summed E-state index contributed by atoms with van der Waals surface area (Å²) in [5.41, 5.74) is -0.153. The van der Waals surface area contributed by atoms with E-state index in [4.69, 9.17) is 12.2 Å². The molecule has 0 saturated carbocycles. The number of aromatic hydroxyl groups is 1. The summed E-state index contributed by atoms with van der Waals surface area (Å²) in [4.78, 5) is 37.3.